The molecule has 11 nitrogen and oxygen atoms in total. The average molecular weight is 542 g/mol. The van der Waals surface area contributed by atoms with Gasteiger partial charge in [-0.05, 0) is 42.2 Å². The Balaban J connectivity index is 1.68. The lowest BCUT2D eigenvalue weighted by Gasteiger charge is -2.49. The maximum atomic E-state index is 11.6. The van der Waals surface area contributed by atoms with Gasteiger partial charge in [0, 0.05) is 22.2 Å². The van der Waals surface area contributed by atoms with Gasteiger partial charge < -0.3 is 5.73 Å². The Labute approximate surface area is 223 Å². The van der Waals surface area contributed by atoms with Gasteiger partial charge in [0.05, 0.1) is 16.7 Å². The molecule has 0 radical (unpaired) electrons. The SMILES string of the molecule is CCc1nc2nc(c1-c1ccc(Cl)c([N+](=O)[O-])c1)NN1C(CC)C(c3ccc(Cl)cc3)=C(N)N(N2)C1N. The molecule has 3 atom stereocenters. The van der Waals surface area contributed by atoms with Crippen LogP contribution in [0.25, 0.3) is 16.7 Å². The molecule has 13 heteroatoms. The second-order valence-corrected chi connectivity index (χ2v) is 9.48. The van der Waals surface area contributed by atoms with Crippen LogP contribution in [0.5, 0.6) is 0 Å². The van der Waals surface area contributed by atoms with Crippen LogP contribution >= 0.6 is 23.2 Å². The van der Waals surface area contributed by atoms with Crippen molar-refractivity contribution in [3.63, 3.8) is 0 Å². The van der Waals surface area contributed by atoms with Crippen LogP contribution < -0.4 is 22.3 Å². The summed E-state index contributed by atoms with van der Waals surface area (Å²) >= 11 is 12.2. The number of hydrazine groups is 2. The van der Waals surface area contributed by atoms with Crippen LogP contribution in [0.3, 0.4) is 0 Å². The van der Waals surface area contributed by atoms with Crippen LogP contribution in [0.4, 0.5) is 17.5 Å². The highest BCUT2D eigenvalue weighted by molar-refractivity contribution is 6.32. The first kappa shape index (κ1) is 25.0. The molecule has 1 aromatic heterocycles. The van der Waals surface area contributed by atoms with Crippen molar-refractivity contribution < 1.29 is 4.92 Å². The summed E-state index contributed by atoms with van der Waals surface area (Å²) in [6.45, 7) is 3.99. The molecule has 37 heavy (non-hydrogen) atoms. The molecule has 2 aromatic carbocycles. The quantitative estimate of drug-likeness (QED) is 0.267. The summed E-state index contributed by atoms with van der Waals surface area (Å²) < 4.78 is 0. The number of anilines is 2. The van der Waals surface area contributed by atoms with E-state index in [1.807, 2.05) is 43.1 Å². The molecule has 0 spiro atoms. The van der Waals surface area contributed by atoms with Crippen molar-refractivity contribution >= 4 is 46.2 Å². The first-order valence-corrected chi connectivity index (χ1v) is 12.5. The molecule has 192 valence electrons. The third kappa shape index (κ3) is 4.29. The Morgan fingerprint density at radius 1 is 1.08 bits per heavy atom. The molecule has 6 N–H and O–H groups in total. The van der Waals surface area contributed by atoms with Crippen molar-refractivity contribution in [2.45, 2.75) is 39.0 Å². The molecular weight excluding hydrogens is 517 g/mol. The van der Waals surface area contributed by atoms with Crippen molar-refractivity contribution in [1.82, 2.24) is 20.0 Å². The molecular formula is C24H25Cl2N9O2. The van der Waals surface area contributed by atoms with Gasteiger partial charge in [-0.3, -0.25) is 26.7 Å². The van der Waals surface area contributed by atoms with E-state index in [0.29, 0.717) is 46.3 Å². The lowest BCUT2D eigenvalue weighted by Crippen LogP contribution is -2.66. The van der Waals surface area contributed by atoms with E-state index in [-0.39, 0.29) is 22.7 Å². The summed E-state index contributed by atoms with van der Waals surface area (Å²) in [5.41, 5.74) is 23.3. The third-order valence-electron chi connectivity index (χ3n) is 6.50. The van der Waals surface area contributed by atoms with Crippen LogP contribution in [0.15, 0.2) is 48.3 Å². The van der Waals surface area contributed by atoms with Gasteiger partial charge in [-0.1, -0.05) is 55.2 Å². The molecule has 0 amide bonds. The fourth-order valence-corrected chi connectivity index (χ4v) is 5.08. The topological polar surface area (TPSA) is 152 Å². The Kier molecular flexibility index (Phi) is 6.54. The summed E-state index contributed by atoms with van der Waals surface area (Å²) in [6, 6.07) is 11.9. The number of nitro groups is 1. The maximum Gasteiger partial charge on any atom is 0.288 e. The highest BCUT2D eigenvalue weighted by atomic mass is 35.5. The lowest BCUT2D eigenvalue weighted by atomic mass is 9.94. The van der Waals surface area contributed by atoms with E-state index in [1.165, 1.54) is 12.1 Å². The standard InChI is InChI=1S/C24H25Cl2N9O2/c1-3-16-19(13-7-10-15(26)18(11-13)35(36)37)22-30-24(29-16)32-34-21(27)20(12-5-8-14(25)9-6-12)17(4-2)33(31-22)23(34)28/h5-11,17,23H,3-4,27-28H2,1-2H3,(H2,29,30,31,32). The average Bonchev–Trinajstić information content (AvgIpc) is 2.88. The highest BCUT2D eigenvalue weighted by Gasteiger charge is 2.41. The van der Waals surface area contributed by atoms with Crippen LogP contribution in [0.1, 0.15) is 31.5 Å². The summed E-state index contributed by atoms with van der Waals surface area (Å²) in [5, 5.41) is 15.7. The third-order valence-corrected chi connectivity index (χ3v) is 7.07. The Hall–Kier alpha value is -3.64. The number of benzene rings is 2. The van der Waals surface area contributed by atoms with E-state index in [0.717, 1.165) is 11.1 Å². The molecule has 0 saturated carbocycles. The number of nitrogens with zero attached hydrogens (tertiary/aromatic N) is 5. The van der Waals surface area contributed by atoms with Crippen molar-refractivity contribution in [3.05, 3.63) is 79.7 Å². The molecule has 3 heterocycles. The second kappa shape index (κ2) is 9.67. The predicted molar refractivity (Wildman–Crippen MR) is 144 cm³/mol. The lowest BCUT2D eigenvalue weighted by molar-refractivity contribution is -0.384. The van der Waals surface area contributed by atoms with Gasteiger partial charge in [-0.25, -0.2) is 9.99 Å². The van der Waals surface area contributed by atoms with Gasteiger partial charge in [0.25, 0.3) is 5.69 Å². The predicted octanol–water partition coefficient (Wildman–Crippen LogP) is 4.55. The minimum atomic E-state index is -0.722. The molecule has 2 aliphatic heterocycles. The number of halogens is 2. The Bertz CT molecular complexity index is 1410. The van der Waals surface area contributed by atoms with E-state index in [1.54, 1.807) is 11.1 Å². The number of nitro benzene ring substituents is 1. The molecule has 0 aliphatic carbocycles. The fraction of sp³-hybridized carbons (Fsp3) is 0.250. The van der Waals surface area contributed by atoms with Gasteiger partial charge >= 0.3 is 0 Å². The van der Waals surface area contributed by atoms with Gasteiger partial charge in [0.1, 0.15) is 10.8 Å². The number of nitrogens with two attached hydrogens (primary N) is 2. The number of nitrogens with one attached hydrogen (secondary N) is 2. The van der Waals surface area contributed by atoms with Crippen molar-refractivity contribution in [2.24, 2.45) is 11.5 Å². The monoisotopic (exact) mass is 541 g/mol. The number of hydrogen-bond acceptors (Lipinski definition) is 10. The summed E-state index contributed by atoms with van der Waals surface area (Å²) in [4.78, 5) is 20.4. The zero-order valence-corrected chi connectivity index (χ0v) is 21.6. The van der Waals surface area contributed by atoms with E-state index >= 15 is 0 Å². The first-order chi connectivity index (χ1) is 17.7. The van der Waals surface area contributed by atoms with Gasteiger partial charge in [-0.2, -0.15) is 9.99 Å². The maximum absolute atomic E-state index is 11.6. The zero-order valence-electron chi connectivity index (χ0n) is 20.1. The highest BCUT2D eigenvalue weighted by Crippen LogP contribution is 2.40. The molecule has 2 aliphatic rings. The summed E-state index contributed by atoms with van der Waals surface area (Å²) in [6.07, 6.45) is 0.496. The Morgan fingerprint density at radius 2 is 1.78 bits per heavy atom. The number of rotatable bonds is 5. The number of aryl methyl sites for hydroxylation is 1. The van der Waals surface area contributed by atoms with Gasteiger partial charge in [-0.15, -0.1) is 0 Å². The summed E-state index contributed by atoms with van der Waals surface area (Å²) in [7, 11) is 0. The van der Waals surface area contributed by atoms with Gasteiger partial charge in [0.2, 0.25) is 5.95 Å². The molecule has 4 bridgehead atoms. The first-order valence-electron chi connectivity index (χ1n) is 11.7. The Morgan fingerprint density at radius 3 is 2.43 bits per heavy atom. The molecule has 0 saturated heterocycles. The minimum absolute atomic E-state index is 0.0505. The largest absolute Gasteiger partial charge is 0.384 e. The van der Waals surface area contributed by atoms with Crippen molar-refractivity contribution in [3.8, 4) is 11.1 Å². The van der Waals surface area contributed by atoms with Gasteiger partial charge in [0.15, 0.2) is 12.1 Å². The number of aromatic nitrogens is 2. The molecule has 5 rings (SSSR count). The summed E-state index contributed by atoms with van der Waals surface area (Å²) in [5.74, 6) is 1.19. The second-order valence-electron chi connectivity index (χ2n) is 8.64. The normalized spacial score (nSPS) is 20.6. The van der Waals surface area contributed by atoms with E-state index in [4.69, 9.17) is 34.7 Å². The van der Waals surface area contributed by atoms with Crippen molar-refractivity contribution in [1.29, 1.82) is 0 Å². The van der Waals surface area contributed by atoms with Crippen LogP contribution in [-0.4, -0.2) is 37.2 Å². The van der Waals surface area contributed by atoms with Crippen LogP contribution in [-0.2, 0) is 6.42 Å². The smallest absolute Gasteiger partial charge is 0.288 e. The zero-order chi connectivity index (χ0) is 26.4. The van der Waals surface area contributed by atoms with E-state index < -0.39 is 11.2 Å². The minimum Gasteiger partial charge on any atom is -0.384 e. The van der Waals surface area contributed by atoms with Crippen LogP contribution in [0.2, 0.25) is 10.0 Å². The van der Waals surface area contributed by atoms with Crippen molar-refractivity contribution in [2.75, 3.05) is 10.9 Å². The molecule has 3 aromatic rings. The van der Waals surface area contributed by atoms with E-state index in [9.17, 15) is 10.1 Å². The molecule has 3 unspecified atom stereocenters. The van der Waals surface area contributed by atoms with E-state index in [2.05, 4.69) is 20.8 Å². The fourth-order valence-electron chi connectivity index (χ4n) is 4.77. The number of fused-ring (bicyclic) bond motifs is 4. The van der Waals surface area contributed by atoms with Crippen LogP contribution in [0, 0.1) is 10.1 Å². The molecule has 0 fully saturated rings. The number of hydrogen-bond donors (Lipinski definition) is 4.